The molecule has 0 bridgehead atoms. The zero-order valence-corrected chi connectivity index (χ0v) is 12.6. The zero-order chi connectivity index (χ0) is 14.2. The summed E-state index contributed by atoms with van der Waals surface area (Å²) in [6.07, 6.45) is 0. The van der Waals surface area contributed by atoms with Gasteiger partial charge in [0.1, 0.15) is 0 Å². The van der Waals surface area contributed by atoms with Crippen molar-refractivity contribution in [3.05, 3.63) is 60.2 Å². The Bertz CT molecular complexity index is 498. The van der Waals surface area contributed by atoms with Crippen molar-refractivity contribution < 1.29 is 4.74 Å². The summed E-state index contributed by atoms with van der Waals surface area (Å²) in [5.41, 5.74) is 9.86. The zero-order valence-electron chi connectivity index (χ0n) is 11.8. The van der Waals surface area contributed by atoms with E-state index in [4.69, 9.17) is 10.5 Å². The summed E-state index contributed by atoms with van der Waals surface area (Å²) in [4.78, 5) is 0. The van der Waals surface area contributed by atoms with Crippen molar-refractivity contribution in [3.63, 3.8) is 0 Å². The molecule has 0 fully saturated rings. The van der Waals surface area contributed by atoms with Crippen molar-refractivity contribution in [2.24, 2.45) is 5.73 Å². The average molecular weight is 287 g/mol. The van der Waals surface area contributed by atoms with Crippen LogP contribution in [0, 0.1) is 0 Å². The molecule has 3 heteroatoms. The third kappa shape index (κ3) is 4.37. The molecule has 1 unspecified atom stereocenters. The van der Waals surface area contributed by atoms with Gasteiger partial charge in [-0.2, -0.15) is 11.8 Å². The Labute approximate surface area is 125 Å². The minimum absolute atomic E-state index is 0.0849. The minimum Gasteiger partial charge on any atom is -0.384 e. The lowest BCUT2D eigenvalue weighted by Crippen LogP contribution is -2.13. The van der Waals surface area contributed by atoms with E-state index in [9.17, 15) is 0 Å². The van der Waals surface area contributed by atoms with E-state index in [1.54, 1.807) is 7.11 Å². The van der Waals surface area contributed by atoms with Gasteiger partial charge in [0.25, 0.3) is 0 Å². The van der Waals surface area contributed by atoms with Crippen molar-refractivity contribution in [1.82, 2.24) is 0 Å². The van der Waals surface area contributed by atoms with E-state index in [1.807, 2.05) is 17.8 Å². The fraction of sp³-hybridized carbons (Fsp3) is 0.294. The first-order valence-electron chi connectivity index (χ1n) is 6.79. The van der Waals surface area contributed by atoms with Crippen LogP contribution in [0.4, 0.5) is 0 Å². The van der Waals surface area contributed by atoms with Crippen molar-refractivity contribution >= 4 is 11.8 Å². The Hall–Kier alpha value is -1.29. The standard InChI is InChI=1S/C17H21NOS/c1-19-11-12-20-13-17(18)16-9-7-15(8-10-16)14-5-3-2-4-6-14/h2-10,17H,11-13,18H2,1H3. The molecule has 2 nitrogen and oxygen atoms in total. The van der Waals surface area contributed by atoms with Crippen molar-refractivity contribution in [1.29, 1.82) is 0 Å². The lowest BCUT2D eigenvalue weighted by atomic mass is 10.0. The maximum Gasteiger partial charge on any atom is 0.0552 e. The van der Waals surface area contributed by atoms with Gasteiger partial charge in [-0.05, 0) is 16.7 Å². The Kier molecular flexibility index (Phi) is 6.12. The molecule has 0 aromatic heterocycles. The van der Waals surface area contributed by atoms with Crippen LogP contribution >= 0.6 is 11.8 Å². The summed E-state index contributed by atoms with van der Waals surface area (Å²) < 4.78 is 5.03. The molecule has 0 radical (unpaired) electrons. The number of thioether (sulfide) groups is 1. The third-order valence-electron chi connectivity index (χ3n) is 3.18. The summed E-state index contributed by atoms with van der Waals surface area (Å²) in [5, 5.41) is 0. The van der Waals surface area contributed by atoms with Crippen LogP contribution in [0.2, 0.25) is 0 Å². The van der Waals surface area contributed by atoms with Crippen LogP contribution in [0.3, 0.4) is 0 Å². The number of rotatable bonds is 7. The van der Waals surface area contributed by atoms with E-state index < -0.39 is 0 Å². The molecule has 0 heterocycles. The average Bonchev–Trinajstić information content (AvgIpc) is 2.52. The first kappa shape index (κ1) is 15.1. The SMILES string of the molecule is COCCSCC(N)c1ccc(-c2ccccc2)cc1. The van der Waals surface area contributed by atoms with Gasteiger partial charge in [0.15, 0.2) is 0 Å². The molecule has 0 aliphatic carbocycles. The summed E-state index contributed by atoms with van der Waals surface area (Å²) in [6, 6.07) is 19.0. The second kappa shape index (κ2) is 8.10. The third-order valence-corrected chi connectivity index (χ3v) is 4.23. The van der Waals surface area contributed by atoms with Gasteiger partial charge >= 0.3 is 0 Å². The molecule has 0 saturated carbocycles. The van der Waals surface area contributed by atoms with Gasteiger partial charge in [-0.25, -0.2) is 0 Å². The van der Waals surface area contributed by atoms with E-state index in [1.165, 1.54) is 16.7 Å². The Morgan fingerprint density at radius 1 is 1.00 bits per heavy atom. The van der Waals surface area contributed by atoms with Crippen LogP contribution in [0.1, 0.15) is 11.6 Å². The second-order valence-corrected chi connectivity index (χ2v) is 5.81. The highest BCUT2D eigenvalue weighted by atomic mass is 32.2. The highest BCUT2D eigenvalue weighted by Gasteiger charge is 2.06. The van der Waals surface area contributed by atoms with Crippen LogP contribution in [0.15, 0.2) is 54.6 Å². The fourth-order valence-electron chi connectivity index (χ4n) is 2.00. The van der Waals surface area contributed by atoms with E-state index >= 15 is 0 Å². The Balaban J connectivity index is 1.94. The van der Waals surface area contributed by atoms with Crippen LogP contribution in [-0.4, -0.2) is 25.2 Å². The molecule has 20 heavy (non-hydrogen) atoms. The predicted octanol–water partition coefficient (Wildman–Crippen LogP) is 3.73. The van der Waals surface area contributed by atoms with Crippen LogP contribution in [-0.2, 0) is 4.74 Å². The topological polar surface area (TPSA) is 35.2 Å². The quantitative estimate of drug-likeness (QED) is 0.788. The summed E-state index contributed by atoms with van der Waals surface area (Å²) in [5.74, 6) is 1.92. The molecule has 2 rings (SSSR count). The minimum atomic E-state index is 0.0849. The van der Waals surface area contributed by atoms with E-state index in [0.717, 1.165) is 18.1 Å². The molecule has 1 atom stereocenters. The van der Waals surface area contributed by atoms with Gasteiger partial charge in [-0.15, -0.1) is 0 Å². The smallest absolute Gasteiger partial charge is 0.0552 e. The molecule has 2 aromatic rings. The number of hydrogen-bond acceptors (Lipinski definition) is 3. The summed E-state index contributed by atoms with van der Waals surface area (Å²) in [7, 11) is 1.72. The largest absolute Gasteiger partial charge is 0.384 e. The van der Waals surface area contributed by atoms with E-state index in [0.29, 0.717) is 0 Å². The number of hydrogen-bond donors (Lipinski definition) is 1. The number of nitrogens with two attached hydrogens (primary N) is 1. The van der Waals surface area contributed by atoms with Crippen molar-refractivity contribution in [2.75, 3.05) is 25.2 Å². The number of ether oxygens (including phenoxy) is 1. The fourth-order valence-corrected chi connectivity index (χ4v) is 2.90. The van der Waals surface area contributed by atoms with Crippen molar-refractivity contribution in [3.8, 4) is 11.1 Å². The van der Waals surface area contributed by atoms with Gasteiger partial charge in [0, 0.05) is 24.7 Å². The first-order chi connectivity index (χ1) is 9.81. The van der Waals surface area contributed by atoms with Crippen LogP contribution in [0.5, 0.6) is 0 Å². The van der Waals surface area contributed by atoms with Gasteiger partial charge in [-0.1, -0.05) is 54.6 Å². The number of methoxy groups -OCH3 is 1. The van der Waals surface area contributed by atoms with Gasteiger partial charge < -0.3 is 10.5 Å². The van der Waals surface area contributed by atoms with Gasteiger partial charge in [0.2, 0.25) is 0 Å². The lowest BCUT2D eigenvalue weighted by molar-refractivity contribution is 0.218. The van der Waals surface area contributed by atoms with Crippen LogP contribution in [0.25, 0.3) is 11.1 Å². The molecule has 0 aliphatic rings. The summed E-state index contributed by atoms with van der Waals surface area (Å²) >= 11 is 1.83. The Morgan fingerprint density at radius 3 is 2.30 bits per heavy atom. The molecular formula is C17H21NOS. The normalized spacial score (nSPS) is 12.3. The van der Waals surface area contributed by atoms with Crippen LogP contribution < -0.4 is 5.73 Å². The molecular weight excluding hydrogens is 266 g/mol. The van der Waals surface area contributed by atoms with Gasteiger partial charge in [0.05, 0.1) is 6.61 Å². The maximum absolute atomic E-state index is 6.20. The highest BCUT2D eigenvalue weighted by molar-refractivity contribution is 7.99. The molecule has 0 amide bonds. The highest BCUT2D eigenvalue weighted by Crippen LogP contribution is 2.22. The predicted molar refractivity (Wildman–Crippen MR) is 88.0 cm³/mol. The molecule has 106 valence electrons. The molecule has 0 saturated heterocycles. The van der Waals surface area contributed by atoms with E-state index in [-0.39, 0.29) is 6.04 Å². The lowest BCUT2D eigenvalue weighted by Gasteiger charge is -2.12. The second-order valence-electron chi connectivity index (χ2n) is 4.66. The van der Waals surface area contributed by atoms with Crippen molar-refractivity contribution in [2.45, 2.75) is 6.04 Å². The maximum atomic E-state index is 6.20. The number of benzene rings is 2. The van der Waals surface area contributed by atoms with Gasteiger partial charge in [-0.3, -0.25) is 0 Å². The monoisotopic (exact) mass is 287 g/mol. The molecule has 2 aromatic carbocycles. The molecule has 2 N–H and O–H groups in total. The molecule has 0 aliphatic heterocycles. The first-order valence-corrected chi connectivity index (χ1v) is 7.94. The molecule has 0 spiro atoms. The van der Waals surface area contributed by atoms with E-state index in [2.05, 4.69) is 48.5 Å². The Morgan fingerprint density at radius 2 is 1.65 bits per heavy atom. The summed E-state index contributed by atoms with van der Waals surface area (Å²) in [6.45, 7) is 0.782.